The van der Waals surface area contributed by atoms with Crippen molar-refractivity contribution in [3.8, 4) is 0 Å². The number of piperazine rings is 1. The Balaban J connectivity index is 2.53. The standard InChI is InChI=1S/C14H17FN2O2/c1-14(2)13(19)16(3)7-8-17(14)12-10(9-18)5-4-6-11(12)15/h4-6,9H,7-8H2,1-3H3. The van der Waals surface area contributed by atoms with Gasteiger partial charge in [-0.1, -0.05) is 6.07 Å². The van der Waals surface area contributed by atoms with Crippen molar-refractivity contribution in [3.05, 3.63) is 29.6 Å². The molecule has 1 aliphatic heterocycles. The highest BCUT2D eigenvalue weighted by molar-refractivity contribution is 5.93. The van der Waals surface area contributed by atoms with Crippen molar-refractivity contribution in [3.63, 3.8) is 0 Å². The molecule has 0 N–H and O–H groups in total. The number of hydrogen-bond acceptors (Lipinski definition) is 3. The molecule has 0 saturated carbocycles. The van der Waals surface area contributed by atoms with E-state index in [9.17, 15) is 14.0 Å². The van der Waals surface area contributed by atoms with E-state index in [1.54, 1.807) is 36.8 Å². The summed E-state index contributed by atoms with van der Waals surface area (Å²) in [5, 5.41) is 0. The first-order valence-corrected chi connectivity index (χ1v) is 6.16. The number of carbonyl (C=O) groups excluding carboxylic acids is 2. The summed E-state index contributed by atoms with van der Waals surface area (Å²) in [5.74, 6) is -0.561. The van der Waals surface area contributed by atoms with Gasteiger partial charge in [0.1, 0.15) is 11.4 Å². The van der Waals surface area contributed by atoms with Crippen LogP contribution < -0.4 is 4.90 Å². The topological polar surface area (TPSA) is 40.6 Å². The molecule has 4 nitrogen and oxygen atoms in total. The van der Waals surface area contributed by atoms with E-state index in [0.29, 0.717) is 19.4 Å². The minimum absolute atomic E-state index is 0.0844. The van der Waals surface area contributed by atoms with Gasteiger partial charge in [-0.15, -0.1) is 0 Å². The number of rotatable bonds is 2. The molecule has 0 atom stereocenters. The summed E-state index contributed by atoms with van der Waals surface area (Å²) in [6.45, 7) is 4.49. The second kappa shape index (κ2) is 4.64. The molecule has 0 aliphatic carbocycles. The van der Waals surface area contributed by atoms with E-state index in [1.165, 1.54) is 12.1 Å². The molecule has 1 saturated heterocycles. The molecule has 102 valence electrons. The highest BCUT2D eigenvalue weighted by Crippen LogP contribution is 2.32. The van der Waals surface area contributed by atoms with Crippen molar-refractivity contribution in [2.45, 2.75) is 19.4 Å². The Morgan fingerprint density at radius 1 is 1.32 bits per heavy atom. The molecule has 0 bridgehead atoms. The number of carbonyl (C=O) groups is 2. The van der Waals surface area contributed by atoms with Crippen molar-refractivity contribution in [2.24, 2.45) is 0 Å². The minimum Gasteiger partial charge on any atom is -0.353 e. The zero-order chi connectivity index (χ0) is 14.2. The fourth-order valence-electron chi connectivity index (χ4n) is 2.52. The minimum atomic E-state index is -0.868. The van der Waals surface area contributed by atoms with E-state index < -0.39 is 11.4 Å². The number of aldehydes is 1. The number of amides is 1. The first-order chi connectivity index (χ1) is 8.89. The number of hydrogen-bond donors (Lipinski definition) is 0. The molecule has 1 aromatic carbocycles. The molecule has 1 aromatic rings. The summed E-state index contributed by atoms with van der Waals surface area (Å²) in [5.41, 5.74) is -0.387. The van der Waals surface area contributed by atoms with Gasteiger partial charge in [0.2, 0.25) is 5.91 Å². The first kappa shape index (κ1) is 13.5. The number of benzene rings is 1. The predicted molar refractivity (Wildman–Crippen MR) is 70.8 cm³/mol. The average Bonchev–Trinajstić information content (AvgIpc) is 2.37. The van der Waals surface area contributed by atoms with Crippen molar-refractivity contribution >= 4 is 17.9 Å². The van der Waals surface area contributed by atoms with Crippen LogP contribution in [-0.4, -0.2) is 42.8 Å². The molecule has 0 radical (unpaired) electrons. The summed E-state index contributed by atoms with van der Waals surface area (Å²) in [7, 11) is 1.73. The van der Waals surface area contributed by atoms with Gasteiger partial charge in [0.05, 0.1) is 5.69 Å². The van der Waals surface area contributed by atoms with Gasteiger partial charge in [-0.25, -0.2) is 4.39 Å². The Labute approximate surface area is 111 Å². The lowest BCUT2D eigenvalue weighted by Gasteiger charge is -2.46. The van der Waals surface area contributed by atoms with Crippen molar-refractivity contribution in [1.29, 1.82) is 0 Å². The van der Waals surface area contributed by atoms with Crippen LogP contribution in [0.3, 0.4) is 0 Å². The quantitative estimate of drug-likeness (QED) is 0.763. The number of para-hydroxylation sites is 1. The second-order valence-electron chi connectivity index (χ2n) is 5.23. The van der Waals surface area contributed by atoms with E-state index in [2.05, 4.69) is 0 Å². The Morgan fingerprint density at radius 2 is 2.00 bits per heavy atom. The van der Waals surface area contributed by atoms with Crippen LogP contribution in [0.5, 0.6) is 0 Å². The summed E-state index contributed by atoms with van der Waals surface area (Å²) in [6.07, 6.45) is 0.622. The molecular formula is C14H17FN2O2. The number of anilines is 1. The van der Waals surface area contributed by atoms with Gasteiger partial charge in [0, 0.05) is 25.7 Å². The second-order valence-corrected chi connectivity index (χ2v) is 5.23. The summed E-state index contributed by atoms with van der Waals surface area (Å²) >= 11 is 0. The SMILES string of the molecule is CN1CCN(c2c(F)cccc2C=O)C(C)(C)C1=O. The van der Waals surface area contributed by atoms with E-state index in [0.717, 1.165) is 0 Å². The largest absolute Gasteiger partial charge is 0.353 e. The fraction of sp³-hybridized carbons (Fsp3) is 0.429. The van der Waals surface area contributed by atoms with Crippen LogP contribution >= 0.6 is 0 Å². The third kappa shape index (κ3) is 2.09. The Kier molecular flexibility index (Phi) is 3.30. The van der Waals surface area contributed by atoms with Crippen LogP contribution in [0.1, 0.15) is 24.2 Å². The van der Waals surface area contributed by atoms with Gasteiger partial charge >= 0.3 is 0 Å². The van der Waals surface area contributed by atoms with Crippen LogP contribution in [0.15, 0.2) is 18.2 Å². The number of nitrogens with zero attached hydrogens (tertiary/aromatic N) is 2. The van der Waals surface area contributed by atoms with Crippen LogP contribution in [0, 0.1) is 5.82 Å². The molecule has 0 spiro atoms. The lowest BCUT2D eigenvalue weighted by molar-refractivity contribution is -0.136. The van der Waals surface area contributed by atoms with E-state index >= 15 is 0 Å². The lowest BCUT2D eigenvalue weighted by Crippen LogP contribution is -2.62. The number of likely N-dealkylation sites (N-methyl/N-ethyl adjacent to an activating group) is 1. The maximum Gasteiger partial charge on any atom is 0.247 e. The zero-order valence-corrected chi connectivity index (χ0v) is 11.3. The smallest absolute Gasteiger partial charge is 0.247 e. The third-order valence-electron chi connectivity index (χ3n) is 3.62. The average molecular weight is 264 g/mol. The van der Waals surface area contributed by atoms with Gasteiger partial charge in [-0.05, 0) is 26.0 Å². The number of halogens is 1. The molecule has 1 fully saturated rings. The van der Waals surface area contributed by atoms with E-state index in [4.69, 9.17) is 0 Å². The Hall–Kier alpha value is -1.91. The molecule has 0 aromatic heterocycles. The third-order valence-corrected chi connectivity index (χ3v) is 3.62. The zero-order valence-electron chi connectivity index (χ0n) is 11.3. The van der Waals surface area contributed by atoms with Crippen molar-refractivity contribution in [2.75, 3.05) is 25.0 Å². The predicted octanol–water partition coefficient (Wildman–Crippen LogP) is 1.70. The first-order valence-electron chi connectivity index (χ1n) is 6.16. The molecular weight excluding hydrogens is 247 g/mol. The summed E-state index contributed by atoms with van der Waals surface area (Å²) in [4.78, 5) is 26.6. The molecule has 5 heteroatoms. The van der Waals surface area contributed by atoms with Gasteiger partial charge < -0.3 is 9.80 Å². The Morgan fingerprint density at radius 3 is 2.63 bits per heavy atom. The summed E-state index contributed by atoms with van der Waals surface area (Å²) < 4.78 is 14.1. The molecule has 1 aliphatic rings. The van der Waals surface area contributed by atoms with E-state index in [-0.39, 0.29) is 17.2 Å². The summed E-state index contributed by atoms with van der Waals surface area (Å²) in [6, 6.07) is 4.36. The molecule has 1 amide bonds. The van der Waals surface area contributed by atoms with E-state index in [1.807, 2.05) is 0 Å². The highest BCUT2D eigenvalue weighted by Gasteiger charge is 2.42. The van der Waals surface area contributed by atoms with Crippen LogP contribution in [0.2, 0.25) is 0 Å². The van der Waals surface area contributed by atoms with Gasteiger partial charge in [-0.3, -0.25) is 9.59 Å². The van der Waals surface area contributed by atoms with Gasteiger partial charge in [0.25, 0.3) is 0 Å². The molecule has 0 unspecified atom stereocenters. The fourth-order valence-corrected chi connectivity index (χ4v) is 2.52. The Bertz CT molecular complexity index is 528. The van der Waals surface area contributed by atoms with Crippen molar-refractivity contribution < 1.29 is 14.0 Å². The normalized spacial score (nSPS) is 18.6. The molecule has 19 heavy (non-hydrogen) atoms. The van der Waals surface area contributed by atoms with Gasteiger partial charge in [-0.2, -0.15) is 0 Å². The van der Waals surface area contributed by atoms with Crippen LogP contribution in [-0.2, 0) is 4.79 Å². The maximum atomic E-state index is 14.1. The highest BCUT2D eigenvalue weighted by atomic mass is 19.1. The van der Waals surface area contributed by atoms with Gasteiger partial charge in [0.15, 0.2) is 6.29 Å². The molecule has 1 heterocycles. The maximum absolute atomic E-state index is 14.1. The van der Waals surface area contributed by atoms with Crippen LogP contribution in [0.25, 0.3) is 0 Å². The van der Waals surface area contributed by atoms with Crippen molar-refractivity contribution in [1.82, 2.24) is 4.90 Å². The monoisotopic (exact) mass is 264 g/mol. The lowest BCUT2D eigenvalue weighted by atomic mass is 9.95. The van der Waals surface area contributed by atoms with Crippen LogP contribution in [0.4, 0.5) is 10.1 Å². The molecule has 2 rings (SSSR count).